The fraction of sp³-hybridized carbons (Fsp3) is 0.250. The second-order valence-corrected chi connectivity index (χ2v) is 5.35. The molecule has 0 aliphatic carbocycles. The van der Waals surface area contributed by atoms with Crippen LogP contribution in [0.3, 0.4) is 0 Å². The van der Waals surface area contributed by atoms with Crippen LogP contribution >= 0.6 is 11.6 Å². The first kappa shape index (κ1) is 13.9. The zero-order valence-electron chi connectivity index (χ0n) is 11.5. The summed E-state index contributed by atoms with van der Waals surface area (Å²) in [4.78, 5) is 2.09. The molecule has 0 aromatic heterocycles. The van der Waals surface area contributed by atoms with Crippen LogP contribution in [0.2, 0.25) is 5.02 Å². The number of hydrogen-bond donors (Lipinski definition) is 1. The molecule has 0 aliphatic heterocycles. The molecule has 0 amide bonds. The summed E-state index contributed by atoms with van der Waals surface area (Å²) in [5, 5.41) is 0.749. The molecule has 2 nitrogen and oxygen atoms in total. The maximum Gasteiger partial charge on any atom is 0.0485 e. The maximum absolute atomic E-state index is 6.35. The van der Waals surface area contributed by atoms with Gasteiger partial charge in [0.05, 0.1) is 0 Å². The van der Waals surface area contributed by atoms with E-state index in [0.717, 1.165) is 27.4 Å². The molecule has 1 atom stereocenters. The Kier molecular flexibility index (Phi) is 4.13. The highest BCUT2D eigenvalue weighted by Crippen LogP contribution is 2.35. The van der Waals surface area contributed by atoms with Crippen LogP contribution in [0, 0.1) is 0 Å². The van der Waals surface area contributed by atoms with Gasteiger partial charge in [0.1, 0.15) is 0 Å². The van der Waals surface area contributed by atoms with Crippen LogP contribution in [-0.4, -0.2) is 14.1 Å². The molecule has 1 unspecified atom stereocenters. The number of benzene rings is 2. The highest BCUT2D eigenvalue weighted by molar-refractivity contribution is 6.33. The lowest BCUT2D eigenvalue weighted by Crippen LogP contribution is -2.10. The lowest BCUT2D eigenvalue weighted by atomic mass is 9.98. The number of nitrogens with zero attached hydrogens (tertiary/aromatic N) is 1. The molecular formula is C16H19ClN2. The van der Waals surface area contributed by atoms with Gasteiger partial charge in [-0.05, 0) is 30.7 Å². The van der Waals surface area contributed by atoms with Gasteiger partial charge < -0.3 is 10.6 Å². The van der Waals surface area contributed by atoms with Crippen molar-refractivity contribution in [1.82, 2.24) is 0 Å². The number of hydrogen-bond acceptors (Lipinski definition) is 2. The van der Waals surface area contributed by atoms with Crippen LogP contribution in [-0.2, 0) is 0 Å². The molecule has 0 saturated carbocycles. The third kappa shape index (κ3) is 2.91. The van der Waals surface area contributed by atoms with E-state index in [0.29, 0.717) is 0 Å². The van der Waals surface area contributed by atoms with Crippen molar-refractivity contribution in [2.75, 3.05) is 19.0 Å². The van der Waals surface area contributed by atoms with Gasteiger partial charge in [0.15, 0.2) is 0 Å². The quantitative estimate of drug-likeness (QED) is 0.913. The summed E-state index contributed by atoms with van der Waals surface area (Å²) >= 11 is 6.35. The van der Waals surface area contributed by atoms with Crippen LogP contribution in [0.25, 0.3) is 11.1 Å². The molecule has 2 aromatic carbocycles. The van der Waals surface area contributed by atoms with E-state index >= 15 is 0 Å². The first-order valence-electron chi connectivity index (χ1n) is 6.32. The zero-order chi connectivity index (χ0) is 14.0. The average Bonchev–Trinajstić information content (AvgIpc) is 2.39. The van der Waals surface area contributed by atoms with E-state index in [2.05, 4.69) is 23.1 Å². The Balaban J connectivity index is 2.61. The molecule has 0 radical (unpaired) electrons. The molecule has 2 rings (SSSR count). The highest BCUT2D eigenvalue weighted by atomic mass is 35.5. The van der Waals surface area contributed by atoms with Gasteiger partial charge in [-0.25, -0.2) is 0 Å². The van der Waals surface area contributed by atoms with Gasteiger partial charge in [0.25, 0.3) is 0 Å². The summed E-state index contributed by atoms with van der Waals surface area (Å²) < 4.78 is 0. The van der Waals surface area contributed by atoms with Crippen molar-refractivity contribution in [3.63, 3.8) is 0 Å². The molecule has 2 aromatic rings. The Hall–Kier alpha value is -1.51. The number of halogens is 1. The van der Waals surface area contributed by atoms with E-state index in [-0.39, 0.29) is 6.04 Å². The van der Waals surface area contributed by atoms with E-state index in [4.69, 9.17) is 17.3 Å². The van der Waals surface area contributed by atoms with Gasteiger partial charge in [-0.2, -0.15) is 0 Å². The SMILES string of the molecule is CC(N)c1ccc(Cl)c(-c2ccccc2N(C)C)c1. The van der Waals surface area contributed by atoms with Crippen molar-refractivity contribution in [2.24, 2.45) is 5.73 Å². The molecular weight excluding hydrogens is 256 g/mol. The number of anilines is 1. The van der Waals surface area contributed by atoms with E-state index in [1.165, 1.54) is 0 Å². The fourth-order valence-electron chi connectivity index (χ4n) is 2.12. The standard InChI is InChI=1S/C16H19ClN2/c1-11(18)12-8-9-15(17)14(10-12)13-6-4-5-7-16(13)19(2)3/h4-11H,18H2,1-3H3. The van der Waals surface area contributed by atoms with Crippen LogP contribution in [0.1, 0.15) is 18.5 Å². The topological polar surface area (TPSA) is 29.3 Å². The van der Waals surface area contributed by atoms with E-state index in [1.54, 1.807) is 0 Å². The van der Waals surface area contributed by atoms with Crippen molar-refractivity contribution in [1.29, 1.82) is 0 Å². The van der Waals surface area contributed by atoms with Crippen LogP contribution in [0.15, 0.2) is 42.5 Å². The summed E-state index contributed by atoms with van der Waals surface area (Å²) in [7, 11) is 4.06. The average molecular weight is 275 g/mol. The largest absolute Gasteiger partial charge is 0.377 e. The van der Waals surface area contributed by atoms with Crippen molar-refractivity contribution in [3.8, 4) is 11.1 Å². The van der Waals surface area contributed by atoms with E-state index in [9.17, 15) is 0 Å². The summed E-state index contributed by atoms with van der Waals surface area (Å²) in [5.74, 6) is 0. The highest BCUT2D eigenvalue weighted by Gasteiger charge is 2.11. The number of rotatable bonds is 3. The molecule has 0 bridgehead atoms. The van der Waals surface area contributed by atoms with Gasteiger partial charge in [-0.3, -0.25) is 0 Å². The molecule has 0 saturated heterocycles. The molecule has 0 aliphatic rings. The van der Waals surface area contributed by atoms with Gasteiger partial charge in [-0.1, -0.05) is 35.9 Å². The van der Waals surface area contributed by atoms with Crippen molar-refractivity contribution < 1.29 is 0 Å². The smallest absolute Gasteiger partial charge is 0.0485 e. The summed E-state index contributed by atoms with van der Waals surface area (Å²) in [6.45, 7) is 1.98. The second-order valence-electron chi connectivity index (χ2n) is 4.94. The van der Waals surface area contributed by atoms with E-state index in [1.807, 2.05) is 45.3 Å². The summed E-state index contributed by atoms with van der Waals surface area (Å²) in [5.41, 5.74) is 10.3. The first-order valence-corrected chi connectivity index (χ1v) is 6.70. The second kappa shape index (κ2) is 5.64. The third-order valence-electron chi connectivity index (χ3n) is 3.19. The number of nitrogens with two attached hydrogens (primary N) is 1. The molecule has 0 spiro atoms. The van der Waals surface area contributed by atoms with Gasteiger partial charge in [0.2, 0.25) is 0 Å². The monoisotopic (exact) mass is 274 g/mol. The van der Waals surface area contributed by atoms with Crippen LogP contribution in [0.5, 0.6) is 0 Å². The van der Waals surface area contributed by atoms with Crippen molar-refractivity contribution >= 4 is 17.3 Å². The lowest BCUT2D eigenvalue weighted by Gasteiger charge is -2.19. The predicted octanol–water partition coefficient (Wildman–Crippen LogP) is 4.09. The Morgan fingerprint density at radius 3 is 2.37 bits per heavy atom. The minimum atomic E-state index is 0.00235. The molecule has 2 N–H and O–H groups in total. The molecule has 19 heavy (non-hydrogen) atoms. The predicted molar refractivity (Wildman–Crippen MR) is 83.8 cm³/mol. The van der Waals surface area contributed by atoms with E-state index < -0.39 is 0 Å². The van der Waals surface area contributed by atoms with Crippen molar-refractivity contribution in [3.05, 3.63) is 53.1 Å². The Morgan fingerprint density at radius 1 is 1.05 bits per heavy atom. The normalized spacial score (nSPS) is 12.3. The Bertz CT molecular complexity index is 577. The van der Waals surface area contributed by atoms with Crippen molar-refractivity contribution in [2.45, 2.75) is 13.0 Å². The van der Waals surface area contributed by atoms with Crippen LogP contribution in [0.4, 0.5) is 5.69 Å². The summed E-state index contributed by atoms with van der Waals surface area (Å²) in [6.07, 6.45) is 0. The fourth-order valence-corrected chi connectivity index (χ4v) is 2.34. The molecule has 0 heterocycles. The van der Waals surface area contributed by atoms with Gasteiger partial charge in [0, 0.05) is 42.0 Å². The minimum absolute atomic E-state index is 0.00235. The van der Waals surface area contributed by atoms with Gasteiger partial charge in [-0.15, -0.1) is 0 Å². The Morgan fingerprint density at radius 2 is 1.74 bits per heavy atom. The minimum Gasteiger partial charge on any atom is -0.377 e. The van der Waals surface area contributed by atoms with Gasteiger partial charge >= 0.3 is 0 Å². The van der Waals surface area contributed by atoms with Crippen LogP contribution < -0.4 is 10.6 Å². The first-order chi connectivity index (χ1) is 9.00. The maximum atomic E-state index is 6.35. The lowest BCUT2D eigenvalue weighted by molar-refractivity contribution is 0.819. The zero-order valence-corrected chi connectivity index (χ0v) is 12.3. The summed E-state index contributed by atoms with van der Waals surface area (Å²) in [6, 6.07) is 14.2. The third-order valence-corrected chi connectivity index (χ3v) is 3.52. The molecule has 100 valence electrons. The molecule has 0 fully saturated rings. The Labute approximate surface area is 119 Å². The molecule has 3 heteroatoms. The number of para-hydroxylation sites is 1.